The molecule has 2 saturated carbocycles. The summed E-state index contributed by atoms with van der Waals surface area (Å²) in [6.45, 7) is 2.93. The predicted octanol–water partition coefficient (Wildman–Crippen LogP) is 4.27. The Morgan fingerprint density at radius 3 is 2.31 bits per heavy atom. The van der Waals surface area contributed by atoms with E-state index in [-0.39, 0.29) is 5.54 Å². The van der Waals surface area contributed by atoms with Gasteiger partial charge in [-0.25, -0.2) is 0 Å². The zero-order chi connectivity index (χ0) is 19.7. The van der Waals surface area contributed by atoms with Crippen molar-refractivity contribution in [3.8, 4) is 0 Å². The molecule has 4 fully saturated rings. The number of hydrogen-bond acceptors (Lipinski definition) is 3. The van der Waals surface area contributed by atoms with Gasteiger partial charge in [0.1, 0.15) is 5.54 Å². The summed E-state index contributed by atoms with van der Waals surface area (Å²) in [6, 6.07) is 12.4. The van der Waals surface area contributed by atoms with Crippen LogP contribution in [0.15, 0.2) is 30.3 Å². The molecule has 0 bridgehead atoms. The lowest BCUT2D eigenvalue weighted by Crippen LogP contribution is -2.60. The number of nitrogens with zero attached hydrogens (tertiary/aromatic N) is 2. The van der Waals surface area contributed by atoms with E-state index in [1.54, 1.807) is 0 Å². The number of nitrogens with one attached hydrogen (secondary N) is 1. The number of piperidine rings is 1. The molecule has 1 spiro atoms. The van der Waals surface area contributed by atoms with Crippen molar-refractivity contribution >= 4 is 5.91 Å². The summed E-state index contributed by atoms with van der Waals surface area (Å²) in [5.41, 5.74) is 1.29. The first-order chi connectivity index (χ1) is 14.3. The van der Waals surface area contributed by atoms with Crippen molar-refractivity contribution in [3.63, 3.8) is 0 Å². The summed E-state index contributed by atoms with van der Waals surface area (Å²) < 4.78 is 0. The minimum atomic E-state index is -0.227. The molecule has 5 rings (SSSR count). The molecule has 29 heavy (non-hydrogen) atoms. The Labute approximate surface area is 176 Å². The van der Waals surface area contributed by atoms with E-state index < -0.39 is 0 Å². The molecule has 1 aromatic rings. The molecule has 1 N–H and O–H groups in total. The van der Waals surface area contributed by atoms with Crippen LogP contribution in [-0.2, 0) is 4.79 Å². The number of carbonyl (C=O) groups excluding carboxylic acids is 1. The van der Waals surface area contributed by atoms with Crippen LogP contribution in [0.25, 0.3) is 0 Å². The summed E-state index contributed by atoms with van der Waals surface area (Å²) >= 11 is 0. The SMILES string of the molecule is O=C1NCN(C2CCCCC2)C12CCN([C@H]1CCCC[C@H]1c1ccccc1)CC2. The summed E-state index contributed by atoms with van der Waals surface area (Å²) in [5, 5.41) is 3.22. The quantitative estimate of drug-likeness (QED) is 0.830. The standard InChI is InChI=1S/C25H37N3O/c29-24-25(28(19-26-24)21-11-5-2-6-12-21)15-17-27(18-16-25)23-14-8-7-13-22(23)20-9-3-1-4-10-20/h1,3-4,9-10,21-23H,2,5-8,11-19H2,(H,26,29)/t22-,23-/m0/s1. The molecule has 2 saturated heterocycles. The zero-order valence-corrected chi connectivity index (χ0v) is 17.8. The van der Waals surface area contributed by atoms with Crippen LogP contribution in [0, 0.1) is 0 Å². The first-order valence-corrected chi connectivity index (χ1v) is 12.1. The molecule has 158 valence electrons. The van der Waals surface area contributed by atoms with E-state index in [1.165, 1.54) is 63.4 Å². The molecule has 0 aromatic heterocycles. The summed E-state index contributed by atoms with van der Waals surface area (Å²) in [4.78, 5) is 18.3. The molecule has 0 unspecified atom stereocenters. The average Bonchev–Trinajstić information content (AvgIpc) is 3.11. The van der Waals surface area contributed by atoms with Crippen LogP contribution in [0.1, 0.15) is 82.1 Å². The van der Waals surface area contributed by atoms with Crippen LogP contribution in [0.4, 0.5) is 0 Å². The van der Waals surface area contributed by atoms with Gasteiger partial charge >= 0.3 is 0 Å². The topological polar surface area (TPSA) is 35.6 Å². The molecule has 1 amide bonds. The van der Waals surface area contributed by atoms with Crippen molar-refractivity contribution < 1.29 is 4.79 Å². The van der Waals surface area contributed by atoms with Crippen molar-refractivity contribution in [1.82, 2.24) is 15.1 Å². The van der Waals surface area contributed by atoms with Crippen molar-refractivity contribution in [2.75, 3.05) is 19.8 Å². The molecule has 4 nitrogen and oxygen atoms in total. The molecule has 2 aliphatic heterocycles. The van der Waals surface area contributed by atoms with Gasteiger partial charge in [-0.3, -0.25) is 14.6 Å². The number of likely N-dealkylation sites (tertiary alicyclic amines) is 1. The number of rotatable bonds is 3. The minimum Gasteiger partial charge on any atom is -0.342 e. The lowest BCUT2D eigenvalue weighted by molar-refractivity contribution is -0.131. The Morgan fingerprint density at radius 1 is 0.862 bits per heavy atom. The van der Waals surface area contributed by atoms with Gasteiger partial charge in [0, 0.05) is 25.2 Å². The van der Waals surface area contributed by atoms with Gasteiger partial charge in [0.2, 0.25) is 5.91 Å². The Morgan fingerprint density at radius 2 is 1.55 bits per heavy atom. The van der Waals surface area contributed by atoms with Crippen LogP contribution in [0.3, 0.4) is 0 Å². The maximum absolute atomic E-state index is 13.0. The fourth-order valence-corrected chi connectivity index (χ4v) is 6.85. The van der Waals surface area contributed by atoms with Crippen LogP contribution in [0.2, 0.25) is 0 Å². The van der Waals surface area contributed by atoms with Crippen molar-refractivity contribution in [1.29, 1.82) is 0 Å². The molecule has 4 aliphatic rings. The maximum Gasteiger partial charge on any atom is 0.241 e. The van der Waals surface area contributed by atoms with E-state index in [4.69, 9.17) is 0 Å². The molecular weight excluding hydrogens is 358 g/mol. The fraction of sp³-hybridized carbons (Fsp3) is 0.720. The number of benzene rings is 1. The first kappa shape index (κ1) is 19.6. The van der Waals surface area contributed by atoms with E-state index >= 15 is 0 Å². The van der Waals surface area contributed by atoms with Gasteiger partial charge < -0.3 is 5.32 Å². The summed E-state index contributed by atoms with van der Waals surface area (Å²) in [6.07, 6.45) is 13.9. The molecule has 4 heteroatoms. The van der Waals surface area contributed by atoms with Crippen LogP contribution in [-0.4, -0.2) is 53.1 Å². The fourth-order valence-electron chi connectivity index (χ4n) is 6.85. The van der Waals surface area contributed by atoms with Gasteiger partial charge in [-0.1, -0.05) is 62.4 Å². The van der Waals surface area contributed by atoms with Crippen LogP contribution >= 0.6 is 0 Å². The third-order valence-electron chi connectivity index (χ3n) is 8.45. The minimum absolute atomic E-state index is 0.227. The molecule has 2 aliphatic carbocycles. The first-order valence-electron chi connectivity index (χ1n) is 12.1. The monoisotopic (exact) mass is 395 g/mol. The predicted molar refractivity (Wildman–Crippen MR) is 117 cm³/mol. The second-order valence-corrected chi connectivity index (χ2v) is 9.86. The molecule has 0 radical (unpaired) electrons. The summed E-state index contributed by atoms with van der Waals surface area (Å²) in [5.74, 6) is 0.969. The van der Waals surface area contributed by atoms with Crippen LogP contribution in [0.5, 0.6) is 0 Å². The Hall–Kier alpha value is -1.39. The van der Waals surface area contributed by atoms with Crippen molar-refractivity contribution in [3.05, 3.63) is 35.9 Å². The second-order valence-electron chi connectivity index (χ2n) is 9.86. The number of amides is 1. The largest absolute Gasteiger partial charge is 0.342 e. The summed E-state index contributed by atoms with van der Waals surface area (Å²) in [7, 11) is 0. The Balaban J connectivity index is 1.30. The van der Waals surface area contributed by atoms with Gasteiger partial charge in [-0.15, -0.1) is 0 Å². The van der Waals surface area contributed by atoms with Gasteiger partial charge in [0.05, 0.1) is 6.67 Å². The lowest BCUT2D eigenvalue weighted by atomic mass is 9.77. The van der Waals surface area contributed by atoms with Gasteiger partial charge in [-0.05, 0) is 50.0 Å². The maximum atomic E-state index is 13.0. The molecule has 2 heterocycles. The van der Waals surface area contributed by atoms with E-state index in [0.29, 0.717) is 23.9 Å². The van der Waals surface area contributed by atoms with E-state index in [9.17, 15) is 4.79 Å². The molecule has 1 aromatic carbocycles. The second kappa shape index (κ2) is 8.39. The van der Waals surface area contributed by atoms with Crippen molar-refractivity contribution in [2.24, 2.45) is 0 Å². The number of hydrogen-bond donors (Lipinski definition) is 1. The lowest BCUT2D eigenvalue weighted by Gasteiger charge is -2.49. The third-order valence-corrected chi connectivity index (χ3v) is 8.45. The molecular formula is C25H37N3O. The van der Waals surface area contributed by atoms with E-state index in [0.717, 1.165) is 32.6 Å². The van der Waals surface area contributed by atoms with Gasteiger partial charge in [0.25, 0.3) is 0 Å². The third kappa shape index (κ3) is 3.63. The van der Waals surface area contributed by atoms with E-state index in [1.807, 2.05) is 0 Å². The average molecular weight is 396 g/mol. The highest BCUT2D eigenvalue weighted by molar-refractivity contribution is 5.88. The van der Waals surface area contributed by atoms with Gasteiger partial charge in [0.15, 0.2) is 0 Å². The number of carbonyl (C=O) groups is 1. The smallest absolute Gasteiger partial charge is 0.241 e. The molecule has 2 atom stereocenters. The highest BCUT2D eigenvalue weighted by Gasteiger charge is 2.53. The van der Waals surface area contributed by atoms with Crippen LogP contribution < -0.4 is 5.32 Å². The normalized spacial score (nSPS) is 31.8. The highest BCUT2D eigenvalue weighted by Crippen LogP contribution is 2.41. The highest BCUT2D eigenvalue weighted by atomic mass is 16.2. The Bertz CT molecular complexity index is 691. The van der Waals surface area contributed by atoms with Gasteiger partial charge in [-0.2, -0.15) is 0 Å². The van der Waals surface area contributed by atoms with E-state index in [2.05, 4.69) is 45.4 Å². The van der Waals surface area contributed by atoms with Crippen molar-refractivity contribution in [2.45, 2.75) is 94.2 Å². The zero-order valence-electron chi connectivity index (χ0n) is 17.8. The Kier molecular flexibility index (Phi) is 5.66.